The summed E-state index contributed by atoms with van der Waals surface area (Å²) in [7, 11) is 5.62. The normalized spacial score (nSPS) is 16.8. The lowest BCUT2D eigenvalue weighted by atomic mass is 10.0. The molecule has 1 saturated heterocycles. The third kappa shape index (κ3) is 3.89. The molecule has 7 heteroatoms. The largest absolute Gasteiger partial charge is 0.497 e. The molecule has 0 aliphatic carbocycles. The molecule has 7 nitrogen and oxygen atoms in total. The van der Waals surface area contributed by atoms with E-state index in [2.05, 4.69) is 27.2 Å². The Hall–Kier alpha value is -2.93. The smallest absolute Gasteiger partial charge is 0.225 e. The summed E-state index contributed by atoms with van der Waals surface area (Å²) < 4.78 is 11.0. The average molecular weight is 408 g/mol. The summed E-state index contributed by atoms with van der Waals surface area (Å²) in [5.74, 6) is 2.35. The van der Waals surface area contributed by atoms with Crippen LogP contribution < -0.4 is 9.64 Å². The van der Waals surface area contributed by atoms with E-state index in [0.717, 1.165) is 60.0 Å². The molecule has 0 N–H and O–H groups in total. The topological polar surface area (TPSA) is 67.5 Å². The lowest BCUT2D eigenvalue weighted by molar-refractivity contribution is 0.244. The number of methoxy groups -OCH3 is 1. The number of likely N-dealkylation sites (tertiary alicyclic amines) is 1. The van der Waals surface area contributed by atoms with Gasteiger partial charge in [0.05, 0.1) is 30.1 Å². The molecule has 3 heterocycles. The van der Waals surface area contributed by atoms with Gasteiger partial charge in [0.25, 0.3) is 0 Å². The second kappa shape index (κ2) is 8.44. The van der Waals surface area contributed by atoms with Gasteiger partial charge in [-0.1, -0.05) is 17.3 Å². The van der Waals surface area contributed by atoms with Crippen molar-refractivity contribution in [3.63, 3.8) is 0 Å². The van der Waals surface area contributed by atoms with Gasteiger partial charge in [-0.15, -0.1) is 0 Å². The lowest BCUT2D eigenvalue weighted by Crippen LogP contribution is -2.25. The van der Waals surface area contributed by atoms with Crippen LogP contribution >= 0.6 is 0 Å². The van der Waals surface area contributed by atoms with Gasteiger partial charge in [-0.3, -0.25) is 4.90 Å². The van der Waals surface area contributed by atoms with Crippen molar-refractivity contribution < 1.29 is 9.26 Å². The second-order valence-corrected chi connectivity index (χ2v) is 8.06. The van der Waals surface area contributed by atoms with Gasteiger partial charge in [0.15, 0.2) is 5.76 Å². The van der Waals surface area contributed by atoms with Gasteiger partial charge in [-0.2, -0.15) is 0 Å². The molecule has 0 radical (unpaired) electrons. The number of aromatic nitrogens is 3. The van der Waals surface area contributed by atoms with Gasteiger partial charge in [0.1, 0.15) is 5.75 Å². The SMILES string of the molecule is COc1ccc(CN2CCCC2c2nc(N(C)C)ncc2-c2onc(C)c2C)cc1. The molecule has 1 aliphatic rings. The first-order chi connectivity index (χ1) is 14.5. The van der Waals surface area contributed by atoms with E-state index in [1.54, 1.807) is 7.11 Å². The summed E-state index contributed by atoms with van der Waals surface area (Å²) in [6, 6.07) is 8.49. The van der Waals surface area contributed by atoms with Crippen LogP contribution in [0.15, 0.2) is 35.0 Å². The summed E-state index contributed by atoms with van der Waals surface area (Å²) in [5.41, 5.74) is 5.15. The van der Waals surface area contributed by atoms with Crippen molar-refractivity contribution >= 4 is 5.95 Å². The maximum atomic E-state index is 5.68. The molecule has 4 rings (SSSR count). The number of hydrogen-bond donors (Lipinski definition) is 0. The van der Waals surface area contributed by atoms with Gasteiger partial charge in [0, 0.05) is 32.4 Å². The molecule has 1 atom stereocenters. The summed E-state index contributed by atoms with van der Waals surface area (Å²) in [6.07, 6.45) is 4.07. The van der Waals surface area contributed by atoms with E-state index < -0.39 is 0 Å². The van der Waals surface area contributed by atoms with Crippen molar-refractivity contribution in [2.24, 2.45) is 0 Å². The molecule has 0 spiro atoms. The van der Waals surface area contributed by atoms with Crippen molar-refractivity contribution in [2.45, 2.75) is 39.3 Å². The summed E-state index contributed by atoms with van der Waals surface area (Å²) in [4.78, 5) is 14.0. The van der Waals surface area contributed by atoms with Gasteiger partial charge >= 0.3 is 0 Å². The van der Waals surface area contributed by atoms with Gasteiger partial charge in [0.2, 0.25) is 5.95 Å². The van der Waals surface area contributed by atoms with E-state index in [4.69, 9.17) is 14.2 Å². The fourth-order valence-corrected chi connectivity index (χ4v) is 3.99. The highest BCUT2D eigenvalue weighted by Crippen LogP contribution is 2.39. The number of hydrogen-bond acceptors (Lipinski definition) is 7. The molecule has 0 bridgehead atoms. The molecule has 3 aromatic rings. The van der Waals surface area contributed by atoms with Crippen LogP contribution in [0.25, 0.3) is 11.3 Å². The monoisotopic (exact) mass is 407 g/mol. The Kier molecular flexibility index (Phi) is 5.72. The highest BCUT2D eigenvalue weighted by atomic mass is 16.5. The van der Waals surface area contributed by atoms with Crippen molar-refractivity contribution in [1.29, 1.82) is 0 Å². The standard InChI is InChI=1S/C23H29N5O2/c1-15-16(2)26-30-22(15)19-13-24-23(27(3)4)25-21(19)20-7-6-12-28(20)14-17-8-10-18(29-5)11-9-17/h8-11,13,20H,6-7,12,14H2,1-5H3. The first-order valence-electron chi connectivity index (χ1n) is 10.3. The number of rotatable bonds is 6. The van der Waals surface area contributed by atoms with Gasteiger partial charge < -0.3 is 14.2 Å². The predicted molar refractivity (Wildman–Crippen MR) is 117 cm³/mol. The van der Waals surface area contributed by atoms with Crippen molar-refractivity contribution in [3.05, 3.63) is 53.0 Å². The number of nitrogens with zero attached hydrogens (tertiary/aromatic N) is 5. The molecule has 158 valence electrons. The van der Waals surface area contributed by atoms with Crippen LogP contribution in [0.2, 0.25) is 0 Å². The van der Waals surface area contributed by atoms with E-state index in [9.17, 15) is 0 Å². The molecule has 1 aromatic carbocycles. The highest BCUT2D eigenvalue weighted by molar-refractivity contribution is 5.65. The van der Waals surface area contributed by atoms with Gasteiger partial charge in [-0.25, -0.2) is 9.97 Å². The van der Waals surface area contributed by atoms with Crippen molar-refractivity contribution in [3.8, 4) is 17.1 Å². The van der Waals surface area contributed by atoms with E-state index in [-0.39, 0.29) is 6.04 Å². The van der Waals surface area contributed by atoms with Crippen LogP contribution in [0.5, 0.6) is 5.75 Å². The Morgan fingerprint density at radius 2 is 1.97 bits per heavy atom. The molecular weight excluding hydrogens is 378 g/mol. The van der Waals surface area contributed by atoms with E-state index >= 15 is 0 Å². The first kappa shape index (κ1) is 20.3. The molecule has 1 aliphatic heterocycles. The average Bonchev–Trinajstić information content (AvgIpc) is 3.34. The maximum absolute atomic E-state index is 5.68. The van der Waals surface area contributed by atoms with E-state index in [1.165, 1.54) is 5.56 Å². The Bertz CT molecular complexity index is 1010. The minimum atomic E-state index is 0.202. The first-order valence-corrected chi connectivity index (χ1v) is 10.3. The highest BCUT2D eigenvalue weighted by Gasteiger charge is 2.31. The van der Waals surface area contributed by atoms with E-state index in [1.807, 2.05) is 51.2 Å². The number of aryl methyl sites for hydroxylation is 1. The minimum absolute atomic E-state index is 0.202. The summed E-state index contributed by atoms with van der Waals surface area (Å²) in [6.45, 7) is 5.90. The fraction of sp³-hybridized carbons (Fsp3) is 0.435. The van der Waals surface area contributed by atoms with Gasteiger partial charge in [-0.05, 0) is 50.9 Å². The van der Waals surface area contributed by atoms with Crippen LogP contribution in [-0.2, 0) is 6.54 Å². The molecule has 1 unspecified atom stereocenters. The third-order valence-electron chi connectivity index (χ3n) is 5.83. The predicted octanol–water partition coefficient (Wildman–Crippen LogP) is 4.16. The molecule has 30 heavy (non-hydrogen) atoms. The zero-order valence-electron chi connectivity index (χ0n) is 18.3. The molecule has 1 fully saturated rings. The Labute approximate surface area is 177 Å². The quantitative estimate of drug-likeness (QED) is 0.608. The molecule has 0 amide bonds. The molecule has 0 saturated carbocycles. The molecule has 2 aromatic heterocycles. The second-order valence-electron chi connectivity index (χ2n) is 8.06. The minimum Gasteiger partial charge on any atom is -0.497 e. The summed E-state index contributed by atoms with van der Waals surface area (Å²) in [5, 5.41) is 4.15. The lowest BCUT2D eigenvalue weighted by Gasteiger charge is -2.26. The third-order valence-corrected chi connectivity index (χ3v) is 5.83. The van der Waals surface area contributed by atoms with Crippen LogP contribution in [0.3, 0.4) is 0 Å². The van der Waals surface area contributed by atoms with E-state index in [0.29, 0.717) is 5.95 Å². The number of benzene rings is 1. The fourth-order valence-electron chi connectivity index (χ4n) is 3.99. The Balaban J connectivity index is 1.71. The number of ether oxygens (including phenoxy) is 1. The number of anilines is 1. The van der Waals surface area contributed by atoms with Crippen molar-refractivity contribution in [1.82, 2.24) is 20.0 Å². The summed E-state index contributed by atoms with van der Waals surface area (Å²) >= 11 is 0. The van der Waals surface area contributed by atoms with Crippen LogP contribution in [0, 0.1) is 13.8 Å². The van der Waals surface area contributed by atoms with Crippen LogP contribution in [0.4, 0.5) is 5.95 Å². The zero-order chi connectivity index (χ0) is 21.3. The van der Waals surface area contributed by atoms with Crippen LogP contribution in [-0.4, -0.2) is 47.8 Å². The van der Waals surface area contributed by atoms with Crippen molar-refractivity contribution in [2.75, 3.05) is 32.6 Å². The Morgan fingerprint density at radius 1 is 1.20 bits per heavy atom. The maximum Gasteiger partial charge on any atom is 0.225 e. The zero-order valence-corrected chi connectivity index (χ0v) is 18.3. The Morgan fingerprint density at radius 3 is 2.60 bits per heavy atom. The molecular formula is C23H29N5O2. The van der Waals surface area contributed by atoms with Crippen LogP contribution in [0.1, 0.15) is 41.4 Å².